The third-order valence-corrected chi connectivity index (χ3v) is 6.70. The molecule has 154 valence electrons. The highest BCUT2D eigenvalue weighted by Gasteiger charge is 2.66. The molecule has 1 aromatic carbocycles. The topological polar surface area (TPSA) is 75.6 Å². The van der Waals surface area contributed by atoms with Crippen LogP contribution in [0.5, 0.6) is 0 Å². The van der Waals surface area contributed by atoms with Gasteiger partial charge in [-0.05, 0) is 42.5 Å². The maximum atomic E-state index is 14.3. The molecule has 8 heteroatoms. The van der Waals surface area contributed by atoms with E-state index in [1.54, 1.807) is 13.1 Å². The number of fused-ring (bicyclic) bond motifs is 5. The Morgan fingerprint density at radius 3 is 2.66 bits per heavy atom. The number of carbonyl (C=O) groups excluding carboxylic acids is 1. The Morgan fingerprint density at radius 2 is 2.00 bits per heavy atom. The quantitative estimate of drug-likeness (QED) is 0.844. The molecule has 1 aromatic heterocycles. The Kier molecular flexibility index (Phi) is 4.57. The molecule has 1 fully saturated rings. The summed E-state index contributed by atoms with van der Waals surface area (Å²) in [5.74, 6) is -1.32. The number of amides is 1. The normalized spacial score (nSPS) is 23.7. The molecule has 0 aliphatic heterocycles. The fourth-order valence-electron chi connectivity index (χ4n) is 5.29. The molecule has 1 unspecified atom stereocenters. The minimum Gasteiger partial charge on any atom is -0.447 e. The van der Waals surface area contributed by atoms with Gasteiger partial charge >= 0.3 is 6.09 Å². The van der Waals surface area contributed by atoms with Crippen LogP contribution < -0.4 is 0 Å². The van der Waals surface area contributed by atoms with Crippen LogP contribution in [0.3, 0.4) is 0 Å². The van der Waals surface area contributed by atoms with Crippen LogP contribution in [0.2, 0.25) is 0 Å². The van der Waals surface area contributed by atoms with Crippen molar-refractivity contribution in [3.05, 3.63) is 47.2 Å². The second-order valence-corrected chi connectivity index (χ2v) is 8.20. The Bertz CT molecular complexity index is 961. The highest BCUT2D eigenvalue weighted by molar-refractivity contribution is 5.71. The lowest BCUT2D eigenvalue weighted by atomic mass is 9.74. The van der Waals surface area contributed by atoms with Crippen LogP contribution >= 0.6 is 0 Å². The monoisotopic (exact) mass is 403 g/mol. The van der Waals surface area contributed by atoms with E-state index in [1.165, 1.54) is 23.1 Å². The van der Waals surface area contributed by atoms with Crippen molar-refractivity contribution in [3.8, 4) is 11.3 Å². The summed E-state index contributed by atoms with van der Waals surface area (Å²) in [5, 5.41) is 17.5. The van der Waals surface area contributed by atoms with E-state index in [4.69, 9.17) is 9.84 Å². The van der Waals surface area contributed by atoms with Gasteiger partial charge in [0.2, 0.25) is 0 Å². The molecule has 1 N–H and O–H groups in total. The maximum absolute atomic E-state index is 14.3. The number of benzene rings is 1. The lowest BCUT2D eigenvalue weighted by Crippen LogP contribution is -2.52. The van der Waals surface area contributed by atoms with Crippen LogP contribution in [0.1, 0.15) is 43.9 Å². The first-order valence-electron chi connectivity index (χ1n) is 9.59. The number of hydrogen-bond donors (Lipinski definition) is 1. The molecule has 1 amide bonds. The van der Waals surface area contributed by atoms with E-state index in [2.05, 4.69) is 24.0 Å². The summed E-state index contributed by atoms with van der Waals surface area (Å²) in [6.45, 7) is 3.77. The molecule has 4 rings (SSSR count). The first-order valence-corrected chi connectivity index (χ1v) is 9.59. The fraction of sp³-hybridized carbons (Fsp3) is 0.476. The van der Waals surface area contributed by atoms with E-state index < -0.39 is 23.3 Å². The summed E-state index contributed by atoms with van der Waals surface area (Å²) in [5.41, 5.74) is 0.331. The molecule has 2 atom stereocenters. The number of aromatic nitrogens is 2. The summed E-state index contributed by atoms with van der Waals surface area (Å²) >= 11 is 0. The van der Waals surface area contributed by atoms with Gasteiger partial charge in [-0.15, -0.1) is 5.10 Å². The zero-order valence-corrected chi connectivity index (χ0v) is 16.6. The molecule has 2 aromatic rings. The fourth-order valence-corrected chi connectivity index (χ4v) is 5.29. The Balaban J connectivity index is 1.82. The highest BCUT2D eigenvalue weighted by Crippen LogP contribution is 2.68. The molecule has 2 bridgehead atoms. The number of rotatable bonds is 4. The van der Waals surface area contributed by atoms with Crippen molar-refractivity contribution in [2.75, 3.05) is 20.3 Å². The van der Waals surface area contributed by atoms with Crippen LogP contribution in [0.25, 0.3) is 11.3 Å². The molecule has 1 saturated carbocycles. The third kappa shape index (κ3) is 2.58. The van der Waals surface area contributed by atoms with E-state index in [9.17, 15) is 13.6 Å². The lowest BCUT2D eigenvalue weighted by Gasteiger charge is -2.44. The van der Waals surface area contributed by atoms with E-state index in [1.807, 2.05) is 0 Å². The number of hydrogen-bond acceptors (Lipinski definition) is 5. The number of aliphatic hydroxyl groups excluding tert-OH is 1. The van der Waals surface area contributed by atoms with Crippen molar-refractivity contribution in [1.29, 1.82) is 0 Å². The summed E-state index contributed by atoms with van der Waals surface area (Å²) in [7, 11) is 1.66. The standard InChI is InChI=1S/C21H23F2N3O3/c1-20(2)13-7-8-21(20,26(3)19(28)29-10-9-27)18-12(13)11-16(24-25-18)17-14(22)5-4-6-15(17)23/h4-6,11,13,27H,7-10H2,1-3H3/t13-,21?/m0/s1. The van der Waals surface area contributed by atoms with E-state index in [-0.39, 0.29) is 35.8 Å². The Labute approximate surface area is 167 Å². The SMILES string of the molecule is CN(C(=O)OCCO)C12CC[C@@H](c3cc(-c4c(F)cccc4F)nnc31)C2(C)C. The van der Waals surface area contributed by atoms with E-state index >= 15 is 0 Å². The second-order valence-electron chi connectivity index (χ2n) is 8.20. The number of halogens is 2. The molecular weight excluding hydrogens is 380 g/mol. The summed E-state index contributed by atoms with van der Waals surface area (Å²) in [4.78, 5) is 14.1. The van der Waals surface area contributed by atoms with Gasteiger partial charge in [-0.2, -0.15) is 5.10 Å². The van der Waals surface area contributed by atoms with Crippen LogP contribution in [0, 0.1) is 17.0 Å². The first-order chi connectivity index (χ1) is 13.8. The molecule has 2 aliphatic carbocycles. The van der Waals surface area contributed by atoms with Crippen molar-refractivity contribution >= 4 is 6.09 Å². The molecular formula is C21H23F2N3O3. The smallest absolute Gasteiger partial charge is 0.410 e. The number of aliphatic hydroxyl groups is 1. The Morgan fingerprint density at radius 1 is 1.31 bits per heavy atom. The van der Waals surface area contributed by atoms with E-state index in [0.29, 0.717) is 12.1 Å². The zero-order chi connectivity index (χ0) is 21.0. The number of carbonyl (C=O) groups is 1. The number of nitrogens with zero attached hydrogens (tertiary/aromatic N) is 3. The molecule has 29 heavy (non-hydrogen) atoms. The summed E-state index contributed by atoms with van der Waals surface area (Å²) in [6, 6.07) is 5.39. The first kappa shape index (κ1) is 19.7. The summed E-state index contributed by atoms with van der Waals surface area (Å²) in [6.07, 6.45) is 0.944. The van der Waals surface area contributed by atoms with Crippen LogP contribution in [0.15, 0.2) is 24.3 Å². The van der Waals surface area contributed by atoms with Gasteiger partial charge in [-0.25, -0.2) is 13.6 Å². The largest absolute Gasteiger partial charge is 0.447 e. The predicted molar refractivity (Wildman–Crippen MR) is 101 cm³/mol. The molecule has 0 radical (unpaired) electrons. The third-order valence-electron chi connectivity index (χ3n) is 6.70. The van der Waals surface area contributed by atoms with Crippen molar-refractivity contribution < 1.29 is 23.4 Å². The maximum Gasteiger partial charge on any atom is 0.410 e. The molecule has 1 heterocycles. The second kappa shape index (κ2) is 6.73. The molecule has 2 aliphatic rings. The van der Waals surface area contributed by atoms with Crippen LogP contribution in [-0.4, -0.2) is 46.6 Å². The predicted octanol–water partition coefficient (Wildman–Crippen LogP) is 3.60. The van der Waals surface area contributed by atoms with Gasteiger partial charge in [0.05, 0.1) is 29.1 Å². The minimum absolute atomic E-state index is 0.0645. The van der Waals surface area contributed by atoms with Crippen molar-refractivity contribution in [2.24, 2.45) is 5.41 Å². The van der Waals surface area contributed by atoms with Gasteiger partial charge in [0, 0.05) is 12.5 Å². The van der Waals surface area contributed by atoms with Gasteiger partial charge < -0.3 is 9.84 Å². The zero-order valence-electron chi connectivity index (χ0n) is 16.6. The van der Waals surface area contributed by atoms with E-state index in [0.717, 1.165) is 12.0 Å². The van der Waals surface area contributed by atoms with Crippen molar-refractivity contribution in [1.82, 2.24) is 15.1 Å². The van der Waals surface area contributed by atoms with Gasteiger partial charge in [0.25, 0.3) is 0 Å². The minimum atomic E-state index is -0.737. The molecule has 0 saturated heterocycles. The van der Waals surface area contributed by atoms with Gasteiger partial charge in [0.15, 0.2) is 0 Å². The summed E-state index contributed by atoms with van der Waals surface area (Å²) < 4.78 is 33.6. The number of ether oxygens (including phenoxy) is 1. The van der Waals surface area contributed by atoms with Crippen LogP contribution in [-0.2, 0) is 10.3 Å². The average molecular weight is 403 g/mol. The Hall–Kier alpha value is -2.61. The highest BCUT2D eigenvalue weighted by atomic mass is 19.1. The molecule has 0 spiro atoms. The van der Waals surface area contributed by atoms with Gasteiger partial charge in [-0.3, -0.25) is 4.90 Å². The van der Waals surface area contributed by atoms with Crippen LogP contribution in [0.4, 0.5) is 13.6 Å². The van der Waals surface area contributed by atoms with Gasteiger partial charge in [0.1, 0.15) is 18.2 Å². The lowest BCUT2D eigenvalue weighted by molar-refractivity contribution is 0.00979. The van der Waals surface area contributed by atoms with Gasteiger partial charge in [-0.1, -0.05) is 19.9 Å². The van der Waals surface area contributed by atoms with Crippen molar-refractivity contribution in [2.45, 2.75) is 38.1 Å². The molecule has 6 nitrogen and oxygen atoms in total. The van der Waals surface area contributed by atoms with Crippen molar-refractivity contribution in [3.63, 3.8) is 0 Å². The average Bonchev–Trinajstić information content (AvgIpc) is 3.06.